The Labute approximate surface area is 117 Å². The monoisotopic (exact) mass is 292 g/mol. The van der Waals surface area contributed by atoms with Crippen molar-refractivity contribution in [3.63, 3.8) is 0 Å². The van der Waals surface area contributed by atoms with E-state index in [9.17, 15) is 8.42 Å². The highest BCUT2D eigenvalue weighted by atomic mass is 32.2. The van der Waals surface area contributed by atoms with Crippen LogP contribution < -0.4 is 5.73 Å². The van der Waals surface area contributed by atoms with Gasteiger partial charge in [0.25, 0.3) is 0 Å². The van der Waals surface area contributed by atoms with E-state index >= 15 is 0 Å². The number of rotatable bonds is 9. The highest BCUT2D eigenvalue weighted by molar-refractivity contribution is 7.89. The first-order chi connectivity index (χ1) is 9.11. The van der Waals surface area contributed by atoms with Crippen LogP contribution in [0, 0.1) is 0 Å². The molecule has 0 aliphatic heterocycles. The van der Waals surface area contributed by atoms with Gasteiger partial charge >= 0.3 is 0 Å². The molecule has 0 aromatic heterocycles. The fraction of sp³-hybridized carbons (Fsp3) is 1.00. The molecule has 6 heteroatoms. The molecule has 2 N–H and O–H groups in total. The maximum Gasteiger partial charge on any atom is 0.214 e. The first-order valence-corrected chi connectivity index (χ1v) is 8.91. The van der Waals surface area contributed by atoms with Crippen LogP contribution in [0.5, 0.6) is 0 Å². The standard InChI is InChI=1S/C13H28N2O3S/c1-18-11-6-12-19(16,17)15(10-5-9-14)13-7-3-2-4-8-13/h13H,2-12,14H2,1H3. The van der Waals surface area contributed by atoms with E-state index in [2.05, 4.69) is 0 Å². The molecule has 0 radical (unpaired) electrons. The molecule has 114 valence electrons. The lowest BCUT2D eigenvalue weighted by Gasteiger charge is -2.33. The average Bonchev–Trinajstić information content (AvgIpc) is 2.40. The summed E-state index contributed by atoms with van der Waals surface area (Å²) in [4.78, 5) is 0. The van der Waals surface area contributed by atoms with Crippen LogP contribution in [-0.4, -0.2) is 51.3 Å². The van der Waals surface area contributed by atoms with Crippen molar-refractivity contribution in [3.8, 4) is 0 Å². The molecule has 0 aromatic rings. The fourth-order valence-electron chi connectivity index (χ4n) is 2.67. The average molecular weight is 292 g/mol. The van der Waals surface area contributed by atoms with Crippen molar-refractivity contribution in [1.29, 1.82) is 0 Å². The van der Waals surface area contributed by atoms with Crippen LogP contribution in [0.1, 0.15) is 44.9 Å². The zero-order valence-electron chi connectivity index (χ0n) is 12.0. The largest absolute Gasteiger partial charge is 0.385 e. The fourth-order valence-corrected chi connectivity index (χ4v) is 4.46. The summed E-state index contributed by atoms with van der Waals surface area (Å²) in [6.45, 7) is 1.60. The van der Waals surface area contributed by atoms with E-state index in [1.54, 1.807) is 11.4 Å². The predicted octanol–water partition coefficient (Wildman–Crippen LogP) is 1.34. The number of hydrogen-bond acceptors (Lipinski definition) is 4. The number of methoxy groups -OCH3 is 1. The Morgan fingerprint density at radius 1 is 1.21 bits per heavy atom. The van der Waals surface area contributed by atoms with Gasteiger partial charge < -0.3 is 10.5 Å². The van der Waals surface area contributed by atoms with Crippen molar-refractivity contribution in [2.45, 2.75) is 51.0 Å². The van der Waals surface area contributed by atoms with E-state index in [1.807, 2.05) is 0 Å². The second kappa shape index (κ2) is 8.89. The molecular formula is C13H28N2O3S. The van der Waals surface area contributed by atoms with E-state index < -0.39 is 10.0 Å². The van der Waals surface area contributed by atoms with Gasteiger partial charge in [-0.3, -0.25) is 0 Å². The summed E-state index contributed by atoms with van der Waals surface area (Å²) in [5.41, 5.74) is 5.53. The van der Waals surface area contributed by atoms with Gasteiger partial charge in [0.15, 0.2) is 0 Å². The summed E-state index contributed by atoms with van der Waals surface area (Å²) in [5.74, 6) is 0.182. The Balaban J connectivity index is 2.64. The van der Waals surface area contributed by atoms with Gasteiger partial charge in [0.05, 0.1) is 5.75 Å². The first-order valence-electron chi connectivity index (χ1n) is 7.30. The number of hydrogen-bond donors (Lipinski definition) is 1. The maximum absolute atomic E-state index is 12.4. The molecule has 1 aliphatic rings. The molecule has 1 saturated carbocycles. The maximum atomic E-state index is 12.4. The van der Waals surface area contributed by atoms with E-state index in [1.165, 1.54) is 6.42 Å². The molecule has 0 atom stereocenters. The normalized spacial score (nSPS) is 18.1. The quantitative estimate of drug-likeness (QED) is 0.651. The van der Waals surface area contributed by atoms with E-state index in [-0.39, 0.29) is 11.8 Å². The van der Waals surface area contributed by atoms with Gasteiger partial charge in [0.1, 0.15) is 0 Å². The molecule has 19 heavy (non-hydrogen) atoms. The van der Waals surface area contributed by atoms with E-state index in [0.29, 0.717) is 26.1 Å². The lowest BCUT2D eigenvalue weighted by molar-refractivity contribution is 0.198. The highest BCUT2D eigenvalue weighted by Gasteiger charge is 2.29. The minimum Gasteiger partial charge on any atom is -0.385 e. The number of nitrogens with two attached hydrogens (primary N) is 1. The van der Waals surface area contributed by atoms with Crippen LogP contribution in [0.25, 0.3) is 0 Å². The molecule has 1 aliphatic carbocycles. The zero-order valence-corrected chi connectivity index (χ0v) is 12.8. The summed E-state index contributed by atoms with van der Waals surface area (Å²) >= 11 is 0. The van der Waals surface area contributed by atoms with Crippen molar-refractivity contribution in [3.05, 3.63) is 0 Å². The number of ether oxygens (including phenoxy) is 1. The third-order valence-electron chi connectivity index (χ3n) is 3.67. The van der Waals surface area contributed by atoms with Crippen molar-refractivity contribution in [1.82, 2.24) is 4.31 Å². The smallest absolute Gasteiger partial charge is 0.214 e. The van der Waals surface area contributed by atoms with E-state index in [0.717, 1.165) is 32.1 Å². The Kier molecular flexibility index (Phi) is 7.90. The SMILES string of the molecule is COCCCS(=O)(=O)N(CCCN)C1CCCCC1. The van der Waals surface area contributed by atoms with Crippen LogP contribution >= 0.6 is 0 Å². The van der Waals surface area contributed by atoms with Crippen LogP contribution in [0.2, 0.25) is 0 Å². The second-order valence-corrected chi connectivity index (χ2v) is 7.25. The summed E-state index contributed by atoms with van der Waals surface area (Å²) in [5, 5.41) is 0. The minimum absolute atomic E-state index is 0.182. The van der Waals surface area contributed by atoms with Crippen LogP contribution in [0.15, 0.2) is 0 Å². The van der Waals surface area contributed by atoms with Crippen LogP contribution in [0.3, 0.4) is 0 Å². The molecule has 0 unspecified atom stereocenters. The first kappa shape index (κ1) is 16.9. The highest BCUT2D eigenvalue weighted by Crippen LogP contribution is 2.25. The van der Waals surface area contributed by atoms with Crippen LogP contribution in [-0.2, 0) is 14.8 Å². The predicted molar refractivity (Wildman–Crippen MR) is 77.5 cm³/mol. The zero-order chi connectivity index (χ0) is 14.1. The minimum atomic E-state index is -3.17. The number of nitrogens with zero attached hydrogens (tertiary/aromatic N) is 1. The summed E-state index contributed by atoms with van der Waals surface area (Å²) in [6.07, 6.45) is 6.78. The molecular weight excluding hydrogens is 264 g/mol. The lowest BCUT2D eigenvalue weighted by atomic mass is 9.95. The third kappa shape index (κ3) is 5.77. The van der Waals surface area contributed by atoms with Gasteiger partial charge in [0.2, 0.25) is 10.0 Å². The summed E-state index contributed by atoms with van der Waals surface area (Å²) in [7, 11) is -1.57. The molecule has 1 fully saturated rings. The molecule has 0 aromatic carbocycles. The molecule has 0 saturated heterocycles. The van der Waals surface area contributed by atoms with E-state index in [4.69, 9.17) is 10.5 Å². The molecule has 5 nitrogen and oxygen atoms in total. The molecule has 0 heterocycles. The van der Waals surface area contributed by atoms with Gasteiger partial charge in [-0.25, -0.2) is 8.42 Å². The topological polar surface area (TPSA) is 72.6 Å². The Bertz CT molecular complexity index is 327. The molecule has 0 bridgehead atoms. The summed E-state index contributed by atoms with van der Waals surface area (Å²) in [6, 6.07) is 0.188. The van der Waals surface area contributed by atoms with Crippen molar-refractivity contribution in [2.75, 3.05) is 32.6 Å². The van der Waals surface area contributed by atoms with Crippen LogP contribution in [0.4, 0.5) is 0 Å². The van der Waals surface area contributed by atoms with Gasteiger partial charge in [-0.05, 0) is 32.2 Å². The van der Waals surface area contributed by atoms with Gasteiger partial charge in [0, 0.05) is 26.3 Å². The van der Waals surface area contributed by atoms with Crippen molar-refractivity contribution < 1.29 is 13.2 Å². The summed E-state index contributed by atoms with van der Waals surface area (Å²) < 4.78 is 31.5. The Morgan fingerprint density at radius 2 is 1.89 bits per heavy atom. The van der Waals surface area contributed by atoms with Gasteiger partial charge in [-0.2, -0.15) is 4.31 Å². The van der Waals surface area contributed by atoms with Crippen molar-refractivity contribution >= 4 is 10.0 Å². The van der Waals surface area contributed by atoms with Gasteiger partial charge in [-0.1, -0.05) is 19.3 Å². The lowest BCUT2D eigenvalue weighted by Crippen LogP contribution is -2.43. The molecule has 1 rings (SSSR count). The van der Waals surface area contributed by atoms with Gasteiger partial charge in [-0.15, -0.1) is 0 Å². The molecule has 0 spiro atoms. The molecule has 0 amide bonds. The Morgan fingerprint density at radius 3 is 2.47 bits per heavy atom. The second-order valence-electron chi connectivity index (χ2n) is 5.21. The third-order valence-corrected chi connectivity index (χ3v) is 5.67. The Hall–Kier alpha value is -0.170. The number of sulfonamides is 1. The van der Waals surface area contributed by atoms with Crippen molar-refractivity contribution in [2.24, 2.45) is 5.73 Å².